The first kappa shape index (κ1) is 11.2. The molecule has 2 unspecified atom stereocenters. The molecule has 5 heteroatoms. The van der Waals surface area contributed by atoms with Gasteiger partial charge in [0, 0.05) is 19.7 Å². The molecule has 1 saturated heterocycles. The van der Waals surface area contributed by atoms with Crippen molar-refractivity contribution in [3.8, 4) is 0 Å². The molecule has 0 aromatic carbocycles. The molecular weight excluding hydrogens is 216 g/mol. The SMILES string of the molecule is CCCC1NCCn2c1nnc2C1CCCO1. The molecule has 0 bridgehead atoms. The molecule has 0 amide bonds. The fourth-order valence-corrected chi connectivity index (χ4v) is 2.80. The zero-order valence-electron chi connectivity index (χ0n) is 10.4. The number of ether oxygens (including phenoxy) is 1. The minimum absolute atomic E-state index is 0.177. The van der Waals surface area contributed by atoms with Gasteiger partial charge in [-0.2, -0.15) is 0 Å². The Hall–Kier alpha value is -0.940. The van der Waals surface area contributed by atoms with Crippen LogP contribution in [0.25, 0.3) is 0 Å². The first-order valence-corrected chi connectivity index (χ1v) is 6.68. The van der Waals surface area contributed by atoms with Gasteiger partial charge in [-0.05, 0) is 19.3 Å². The summed E-state index contributed by atoms with van der Waals surface area (Å²) in [6.07, 6.45) is 4.70. The smallest absolute Gasteiger partial charge is 0.162 e. The van der Waals surface area contributed by atoms with Crippen molar-refractivity contribution in [2.24, 2.45) is 0 Å². The maximum absolute atomic E-state index is 5.71. The predicted octanol–water partition coefficient (Wildman–Crippen LogP) is 1.57. The van der Waals surface area contributed by atoms with E-state index in [9.17, 15) is 0 Å². The van der Waals surface area contributed by atoms with Crippen LogP contribution in [0.15, 0.2) is 0 Å². The van der Waals surface area contributed by atoms with Crippen molar-refractivity contribution in [3.63, 3.8) is 0 Å². The molecule has 0 spiro atoms. The highest BCUT2D eigenvalue weighted by atomic mass is 16.5. The molecule has 3 rings (SSSR count). The van der Waals surface area contributed by atoms with Gasteiger partial charge in [-0.3, -0.25) is 0 Å². The molecule has 1 N–H and O–H groups in total. The first-order chi connectivity index (χ1) is 8.40. The van der Waals surface area contributed by atoms with Crippen LogP contribution in [0.3, 0.4) is 0 Å². The van der Waals surface area contributed by atoms with Crippen molar-refractivity contribution >= 4 is 0 Å². The van der Waals surface area contributed by atoms with Crippen molar-refractivity contribution < 1.29 is 4.74 Å². The van der Waals surface area contributed by atoms with Crippen molar-refractivity contribution in [2.75, 3.05) is 13.2 Å². The van der Waals surface area contributed by atoms with Crippen LogP contribution >= 0.6 is 0 Å². The van der Waals surface area contributed by atoms with Crippen LogP contribution in [0, 0.1) is 0 Å². The highest BCUT2D eigenvalue weighted by Gasteiger charge is 2.29. The summed E-state index contributed by atoms with van der Waals surface area (Å²) in [4.78, 5) is 0. The number of aromatic nitrogens is 3. The topological polar surface area (TPSA) is 52.0 Å². The molecule has 1 aromatic heterocycles. The van der Waals surface area contributed by atoms with E-state index in [0.29, 0.717) is 6.04 Å². The highest BCUT2D eigenvalue weighted by Crippen LogP contribution is 2.30. The zero-order valence-corrected chi connectivity index (χ0v) is 10.4. The normalized spacial score (nSPS) is 28.3. The van der Waals surface area contributed by atoms with E-state index in [1.807, 2.05) is 0 Å². The molecule has 2 atom stereocenters. The Balaban J connectivity index is 1.87. The van der Waals surface area contributed by atoms with Crippen molar-refractivity contribution in [1.29, 1.82) is 0 Å². The molecule has 5 nitrogen and oxygen atoms in total. The van der Waals surface area contributed by atoms with Gasteiger partial charge in [-0.15, -0.1) is 10.2 Å². The molecule has 2 aliphatic heterocycles. The molecule has 0 aliphatic carbocycles. The third-order valence-electron chi connectivity index (χ3n) is 3.64. The minimum Gasteiger partial charge on any atom is -0.370 e. The molecule has 0 saturated carbocycles. The molecule has 3 heterocycles. The molecule has 1 aromatic rings. The quantitative estimate of drug-likeness (QED) is 0.865. The van der Waals surface area contributed by atoms with Crippen molar-refractivity contribution in [2.45, 2.75) is 51.3 Å². The number of hydrogen-bond acceptors (Lipinski definition) is 4. The summed E-state index contributed by atoms with van der Waals surface area (Å²) in [5.41, 5.74) is 0. The molecule has 17 heavy (non-hydrogen) atoms. The van der Waals surface area contributed by atoms with Gasteiger partial charge in [0.05, 0.1) is 6.04 Å². The van der Waals surface area contributed by atoms with Crippen LogP contribution < -0.4 is 5.32 Å². The van der Waals surface area contributed by atoms with Crippen LogP contribution in [0.1, 0.15) is 56.4 Å². The lowest BCUT2D eigenvalue weighted by atomic mass is 10.1. The second-order valence-corrected chi connectivity index (χ2v) is 4.87. The van der Waals surface area contributed by atoms with Gasteiger partial charge < -0.3 is 14.6 Å². The standard InChI is InChI=1S/C12H20N4O/c1-2-4-9-11-14-15-12(10-5-3-8-17-10)16(11)7-6-13-9/h9-10,13H,2-8H2,1H3. The fraction of sp³-hybridized carbons (Fsp3) is 0.833. The van der Waals surface area contributed by atoms with E-state index in [4.69, 9.17) is 4.74 Å². The fourth-order valence-electron chi connectivity index (χ4n) is 2.80. The third kappa shape index (κ3) is 1.98. The first-order valence-electron chi connectivity index (χ1n) is 6.68. The monoisotopic (exact) mass is 236 g/mol. The van der Waals surface area contributed by atoms with Crippen LogP contribution in [-0.2, 0) is 11.3 Å². The van der Waals surface area contributed by atoms with Crippen LogP contribution in [0.2, 0.25) is 0 Å². The summed E-state index contributed by atoms with van der Waals surface area (Å²) >= 11 is 0. The minimum atomic E-state index is 0.177. The average Bonchev–Trinajstić information content (AvgIpc) is 2.97. The second kappa shape index (κ2) is 4.74. The largest absolute Gasteiger partial charge is 0.370 e. The lowest BCUT2D eigenvalue weighted by molar-refractivity contribution is 0.101. The maximum Gasteiger partial charge on any atom is 0.162 e. The van der Waals surface area contributed by atoms with Gasteiger partial charge in [0.15, 0.2) is 5.82 Å². The van der Waals surface area contributed by atoms with E-state index in [2.05, 4.69) is 27.0 Å². The summed E-state index contributed by atoms with van der Waals surface area (Å²) in [5.74, 6) is 2.14. The van der Waals surface area contributed by atoms with Gasteiger partial charge in [0.2, 0.25) is 0 Å². The number of nitrogens with one attached hydrogen (secondary N) is 1. The Labute approximate surface area is 102 Å². The number of nitrogens with zero attached hydrogens (tertiary/aromatic N) is 3. The van der Waals surface area contributed by atoms with E-state index >= 15 is 0 Å². The van der Waals surface area contributed by atoms with Gasteiger partial charge in [0.1, 0.15) is 11.9 Å². The van der Waals surface area contributed by atoms with Crippen LogP contribution in [0.4, 0.5) is 0 Å². The Morgan fingerprint density at radius 2 is 2.29 bits per heavy atom. The van der Waals surface area contributed by atoms with E-state index < -0.39 is 0 Å². The lowest BCUT2D eigenvalue weighted by Gasteiger charge is -2.25. The van der Waals surface area contributed by atoms with Crippen LogP contribution in [-0.4, -0.2) is 27.9 Å². The summed E-state index contributed by atoms with van der Waals surface area (Å²) in [7, 11) is 0. The lowest BCUT2D eigenvalue weighted by Crippen LogP contribution is -2.34. The molecule has 0 radical (unpaired) electrons. The molecular formula is C12H20N4O. The summed E-state index contributed by atoms with van der Waals surface area (Å²) in [5, 5.41) is 12.2. The summed E-state index contributed by atoms with van der Waals surface area (Å²) in [6, 6.07) is 0.372. The second-order valence-electron chi connectivity index (χ2n) is 4.87. The maximum atomic E-state index is 5.71. The summed E-state index contributed by atoms with van der Waals surface area (Å²) in [6.45, 7) is 5.05. The Bertz CT molecular complexity index is 384. The summed E-state index contributed by atoms with van der Waals surface area (Å²) < 4.78 is 7.99. The van der Waals surface area contributed by atoms with Crippen LogP contribution in [0.5, 0.6) is 0 Å². The number of hydrogen-bond donors (Lipinski definition) is 1. The zero-order chi connectivity index (χ0) is 11.7. The Morgan fingerprint density at radius 3 is 3.06 bits per heavy atom. The average molecular weight is 236 g/mol. The van der Waals surface area contributed by atoms with E-state index in [1.54, 1.807) is 0 Å². The van der Waals surface area contributed by atoms with E-state index in [-0.39, 0.29) is 6.10 Å². The molecule has 1 fully saturated rings. The highest BCUT2D eigenvalue weighted by molar-refractivity contribution is 5.07. The Kier molecular flexibility index (Phi) is 3.11. The predicted molar refractivity (Wildman–Crippen MR) is 63.6 cm³/mol. The van der Waals surface area contributed by atoms with E-state index in [1.165, 1.54) is 6.42 Å². The van der Waals surface area contributed by atoms with E-state index in [0.717, 1.165) is 50.6 Å². The van der Waals surface area contributed by atoms with Gasteiger partial charge in [0.25, 0.3) is 0 Å². The number of rotatable bonds is 3. The number of fused-ring (bicyclic) bond motifs is 1. The van der Waals surface area contributed by atoms with Crippen molar-refractivity contribution in [1.82, 2.24) is 20.1 Å². The third-order valence-corrected chi connectivity index (χ3v) is 3.64. The Morgan fingerprint density at radius 1 is 1.41 bits per heavy atom. The molecule has 94 valence electrons. The van der Waals surface area contributed by atoms with Gasteiger partial charge in [-0.25, -0.2) is 0 Å². The van der Waals surface area contributed by atoms with Crippen molar-refractivity contribution in [3.05, 3.63) is 11.6 Å². The van der Waals surface area contributed by atoms with Gasteiger partial charge >= 0.3 is 0 Å². The van der Waals surface area contributed by atoms with Gasteiger partial charge in [-0.1, -0.05) is 13.3 Å². The molecule has 2 aliphatic rings.